The lowest BCUT2D eigenvalue weighted by Crippen LogP contribution is -2.34. The number of nitriles is 1. The summed E-state index contributed by atoms with van der Waals surface area (Å²) in [4.78, 5) is 2.09. The van der Waals surface area contributed by atoms with Gasteiger partial charge in [-0.15, -0.1) is 0 Å². The van der Waals surface area contributed by atoms with E-state index in [1.165, 1.54) is 11.1 Å². The molecule has 1 atom stereocenters. The molecule has 0 radical (unpaired) electrons. The van der Waals surface area contributed by atoms with Crippen molar-refractivity contribution in [3.05, 3.63) is 47.5 Å². The van der Waals surface area contributed by atoms with Gasteiger partial charge >= 0.3 is 0 Å². The molecule has 1 aliphatic heterocycles. The van der Waals surface area contributed by atoms with Crippen LogP contribution in [-0.2, 0) is 6.42 Å². The molecule has 1 aromatic rings. The highest BCUT2D eigenvalue weighted by Crippen LogP contribution is 2.19. The molecule has 82 valence electrons. The minimum absolute atomic E-state index is 0.0451. The molecule has 0 amide bonds. The van der Waals surface area contributed by atoms with E-state index in [1.807, 2.05) is 13.1 Å². The standard InChI is InChI=1S/C14H16N2/c1-16-8-7-13(10-14(16)11-15)9-12-5-3-2-4-6-12/h2-7,14H,8-10H2,1H3. The Labute approximate surface area is 96.8 Å². The van der Waals surface area contributed by atoms with Crippen molar-refractivity contribution < 1.29 is 0 Å². The van der Waals surface area contributed by atoms with Crippen molar-refractivity contribution in [3.63, 3.8) is 0 Å². The number of benzene rings is 1. The quantitative estimate of drug-likeness (QED) is 0.704. The zero-order valence-electron chi connectivity index (χ0n) is 9.56. The van der Waals surface area contributed by atoms with Gasteiger partial charge in [0.2, 0.25) is 0 Å². The van der Waals surface area contributed by atoms with E-state index < -0.39 is 0 Å². The molecule has 0 fully saturated rings. The minimum Gasteiger partial charge on any atom is -0.287 e. The van der Waals surface area contributed by atoms with Crippen molar-refractivity contribution in [2.45, 2.75) is 18.9 Å². The fourth-order valence-corrected chi connectivity index (χ4v) is 2.03. The third-order valence-corrected chi connectivity index (χ3v) is 3.08. The Morgan fingerprint density at radius 3 is 2.81 bits per heavy atom. The Morgan fingerprint density at radius 2 is 2.12 bits per heavy atom. The molecular weight excluding hydrogens is 196 g/mol. The summed E-state index contributed by atoms with van der Waals surface area (Å²) in [5.74, 6) is 0. The Balaban J connectivity index is 2.05. The van der Waals surface area contributed by atoms with E-state index in [0.717, 1.165) is 19.4 Å². The fourth-order valence-electron chi connectivity index (χ4n) is 2.03. The summed E-state index contributed by atoms with van der Waals surface area (Å²) in [5.41, 5.74) is 2.71. The first-order valence-electron chi connectivity index (χ1n) is 5.61. The Kier molecular flexibility index (Phi) is 3.38. The summed E-state index contributed by atoms with van der Waals surface area (Å²) in [6, 6.07) is 12.8. The molecule has 0 saturated carbocycles. The number of hydrogen-bond acceptors (Lipinski definition) is 2. The number of hydrogen-bond donors (Lipinski definition) is 0. The van der Waals surface area contributed by atoms with E-state index in [4.69, 9.17) is 5.26 Å². The van der Waals surface area contributed by atoms with Crippen LogP contribution < -0.4 is 0 Å². The van der Waals surface area contributed by atoms with Gasteiger partial charge in [-0.3, -0.25) is 4.90 Å². The van der Waals surface area contributed by atoms with Crippen molar-refractivity contribution in [2.24, 2.45) is 0 Å². The SMILES string of the molecule is CN1CC=C(Cc2ccccc2)CC1C#N. The van der Waals surface area contributed by atoms with E-state index in [9.17, 15) is 0 Å². The topological polar surface area (TPSA) is 27.0 Å². The first-order chi connectivity index (χ1) is 7.79. The fraction of sp³-hybridized carbons (Fsp3) is 0.357. The van der Waals surface area contributed by atoms with Crippen LogP contribution in [-0.4, -0.2) is 24.5 Å². The van der Waals surface area contributed by atoms with Gasteiger partial charge in [0, 0.05) is 6.54 Å². The third kappa shape index (κ3) is 2.50. The van der Waals surface area contributed by atoms with Gasteiger partial charge < -0.3 is 0 Å². The molecule has 1 aromatic carbocycles. The summed E-state index contributed by atoms with van der Waals surface area (Å²) in [7, 11) is 2.00. The van der Waals surface area contributed by atoms with Crippen LogP contribution in [0.15, 0.2) is 42.0 Å². The molecule has 0 saturated heterocycles. The van der Waals surface area contributed by atoms with Gasteiger partial charge in [0.1, 0.15) is 6.04 Å². The second kappa shape index (κ2) is 4.96. The molecule has 1 aliphatic rings. The van der Waals surface area contributed by atoms with Gasteiger partial charge in [0.05, 0.1) is 6.07 Å². The summed E-state index contributed by atoms with van der Waals surface area (Å²) >= 11 is 0. The largest absolute Gasteiger partial charge is 0.287 e. The normalized spacial score (nSPS) is 21.2. The lowest BCUT2D eigenvalue weighted by Gasteiger charge is -2.27. The van der Waals surface area contributed by atoms with Crippen LogP contribution in [0.5, 0.6) is 0 Å². The molecule has 0 aliphatic carbocycles. The molecule has 1 heterocycles. The maximum atomic E-state index is 9.03. The highest BCUT2D eigenvalue weighted by molar-refractivity contribution is 5.25. The second-order valence-corrected chi connectivity index (χ2v) is 4.31. The van der Waals surface area contributed by atoms with Gasteiger partial charge in [-0.05, 0) is 25.5 Å². The molecule has 0 spiro atoms. The molecule has 0 aromatic heterocycles. The minimum atomic E-state index is 0.0451. The van der Waals surface area contributed by atoms with Gasteiger partial charge in [0.25, 0.3) is 0 Å². The van der Waals surface area contributed by atoms with Crippen molar-refractivity contribution in [1.29, 1.82) is 5.26 Å². The van der Waals surface area contributed by atoms with Gasteiger partial charge in [0.15, 0.2) is 0 Å². The molecule has 16 heavy (non-hydrogen) atoms. The Morgan fingerprint density at radius 1 is 1.38 bits per heavy atom. The van der Waals surface area contributed by atoms with E-state index in [0.29, 0.717) is 0 Å². The third-order valence-electron chi connectivity index (χ3n) is 3.08. The van der Waals surface area contributed by atoms with E-state index in [2.05, 4.69) is 41.3 Å². The first-order valence-corrected chi connectivity index (χ1v) is 5.61. The van der Waals surface area contributed by atoms with Gasteiger partial charge in [-0.25, -0.2) is 0 Å². The lowest BCUT2D eigenvalue weighted by molar-refractivity contribution is 0.299. The zero-order chi connectivity index (χ0) is 11.4. The predicted octanol–water partition coefficient (Wildman–Crippen LogP) is 2.38. The molecule has 2 heteroatoms. The van der Waals surface area contributed by atoms with Crippen molar-refractivity contribution in [2.75, 3.05) is 13.6 Å². The number of likely N-dealkylation sites (N-methyl/N-ethyl adjacent to an activating group) is 1. The molecule has 2 rings (SSSR count). The summed E-state index contributed by atoms with van der Waals surface area (Å²) in [6.07, 6.45) is 4.11. The van der Waals surface area contributed by atoms with E-state index >= 15 is 0 Å². The van der Waals surface area contributed by atoms with Crippen molar-refractivity contribution in [1.82, 2.24) is 4.90 Å². The van der Waals surface area contributed by atoms with E-state index in [-0.39, 0.29) is 6.04 Å². The molecule has 2 nitrogen and oxygen atoms in total. The average molecular weight is 212 g/mol. The van der Waals surface area contributed by atoms with Crippen LogP contribution in [0.25, 0.3) is 0 Å². The van der Waals surface area contributed by atoms with E-state index in [1.54, 1.807) is 0 Å². The Hall–Kier alpha value is -1.59. The highest BCUT2D eigenvalue weighted by Gasteiger charge is 2.19. The number of nitrogens with zero attached hydrogens (tertiary/aromatic N) is 2. The van der Waals surface area contributed by atoms with Crippen molar-refractivity contribution >= 4 is 0 Å². The van der Waals surface area contributed by atoms with Crippen LogP contribution in [0.3, 0.4) is 0 Å². The molecule has 0 bridgehead atoms. The van der Waals surface area contributed by atoms with Crippen LogP contribution >= 0.6 is 0 Å². The maximum absolute atomic E-state index is 9.03. The van der Waals surface area contributed by atoms with Crippen molar-refractivity contribution in [3.8, 4) is 6.07 Å². The molecule has 0 N–H and O–H groups in total. The monoisotopic (exact) mass is 212 g/mol. The smallest absolute Gasteiger partial charge is 0.102 e. The summed E-state index contributed by atoms with van der Waals surface area (Å²) in [5, 5.41) is 9.03. The molecular formula is C14H16N2. The summed E-state index contributed by atoms with van der Waals surface area (Å²) in [6.45, 7) is 0.889. The maximum Gasteiger partial charge on any atom is 0.102 e. The lowest BCUT2D eigenvalue weighted by atomic mass is 9.95. The van der Waals surface area contributed by atoms with Gasteiger partial charge in [-0.1, -0.05) is 42.0 Å². The average Bonchev–Trinajstić information content (AvgIpc) is 2.33. The second-order valence-electron chi connectivity index (χ2n) is 4.31. The Bertz CT molecular complexity index is 414. The van der Waals surface area contributed by atoms with Crippen LogP contribution in [0.1, 0.15) is 12.0 Å². The van der Waals surface area contributed by atoms with Crippen LogP contribution in [0, 0.1) is 11.3 Å². The first kappa shape index (κ1) is 10.9. The van der Waals surface area contributed by atoms with Crippen LogP contribution in [0.4, 0.5) is 0 Å². The predicted molar refractivity (Wildman–Crippen MR) is 64.9 cm³/mol. The van der Waals surface area contributed by atoms with Crippen LogP contribution in [0.2, 0.25) is 0 Å². The molecule has 1 unspecified atom stereocenters. The number of rotatable bonds is 2. The zero-order valence-corrected chi connectivity index (χ0v) is 9.56. The highest BCUT2D eigenvalue weighted by atomic mass is 15.1. The summed E-state index contributed by atoms with van der Waals surface area (Å²) < 4.78 is 0. The van der Waals surface area contributed by atoms with Gasteiger partial charge in [-0.2, -0.15) is 5.26 Å².